The normalized spacial score (nSPS) is 13.8. The quantitative estimate of drug-likeness (QED) is 0.484. The highest BCUT2D eigenvalue weighted by molar-refractivity contribution is 5.94. The van der Waals surface area contributed by atoms with Crippen LogP contribution in [0.1, 0.15) is 41.5 Å². The Labute approximate surface area is 186 Å². The Balaban J connectivity index is 1.48. The van der Waals surface area contributed by atoms with Gasteiger partial charge in [-0.25, -0.2) is 9.18 Å². The van der Waals surface area contributed by atoms with Crippen LogP contribution in [0.4, 0.5) is 10.1 Å². The van der Waals surface area contributed by atoms with Crippen molar-refractivity contribution in [3.05, 3.63) is 59.4 Å². The maximum atomic E-state index is 14.4. The average molecular weight is 442 g/mol. The second-order valence-corrected chi connectivity index (χ2v) is 7.86. The highest BCUT2D eigenvalue weighted by atomic mass is 19.1. The van der Waals surface area contributed by atoms with Crippen molar-refractivity contribution in [2.45, 2.75) is 26.9 Å². The van der Waals surface area contributed by atoms with Crippen LogP contribution in [0.2, 0.25) is 0 Å². The van der Waals surface area contributed by atoms with Crippen molar-refractivity contribution in [2.24, 2.45) is 0 Å². The largest absolute Gasteiger partial charge is 0.491 e. The van der Waals surface area contributed by atoms with Gasteiger partial charge in [0, 0.05) is 31.7 Å². The minimum atomic E-state index is -0.583. The number of anilines is 1. The fraction of sp³-hybridized carbons (Fsp3) is 0.375. The van der Waals surface area contributed by atoms with Gasteiger partial charge in [-0.1, -0.05) is 0 Å². The van der Waals surface area contributed by atoms with E-state index in [-0.39, 0.29) is 24.4 Å². The first-order chi connectivity index (χ1) is 15.2. The van der Waals surface area contributed by atoms with Gasteiger partial charge in [-0.05, 0) is 63.2 Å². The van der Waals surface area contributed by atoms with Crippen LogP contribution in [-0.4, -0.2) is 61.4 Å². The van der Waals surface area contributed by atoms with Crippen molar-refractivity contribution in [3.8, 4) is 5.75 Å². The van der Waals surface area contributed by atoms with Gasteiger partial charge in [-0.15, -0.1) is 0 Å². The molecule has 1 aliphatic rings. The molecule has 1 fully saturated rings. The molecule has 1 amide bonds. The molecule has 2 aromatic carbocycles. The Morgan fingerprint density at radius 1 is 0.969 bits per heavy atom. The molecule has 170 valence electrons. The summed E-state index contributed by atoms with van der Waals surface area (Å²) in [6.45, 7) is 6.49. The van der Waals surface area contributed by atoms with Crippen molar-refractivity contribution in [3.63, 3.8) is 0 Å². The number of amides is 1. The first kappa shape index (κ1) is 23.2. The Morgan fingerprint density at radius 2 is 1.59 bits per heavy atom. The van der Waals surface area contributed by atoms with Gasteiger partial charge < -0.3 is 19.3 Å². The summed E-state index contributed by atoms with van der Waals surface area (Å²) >= 11 is 0. The highest BCUT2D eigenvalue weighted by Gasteiger charge is 2.24. The highest BCUT2D eigenvalue weighted by Crippen LogP contribution is 2.22. The van der Waals surface area contributed by atoms with Crippen LogP contribution >= 0.6 is 0 Å². The standard InChI is InChI=1S/C24H27FN2O5/c1-16(2)32-20-7-4-18(5-8-20)24(30)31-15-23(29)27-12-10-26(11-13-27)22-9-6-19(17(3)28)14-21(22)25/h4-9,14,16H,10-13,15H2,1-3H3. The minimum Gasteiger partial charge on any atom is -0.491 e. The third-order valence-corrected chi connectivity index (χ3v) is 5.12. The van der Waals surface area contributed by atoms with Gasteiger partial charge in [0.05, 0.1) is 17.4 Å². The molecule has 0 saturated carbocycles. The lowest BCUT2D eigenvalue weighted by atomic mass is 10.1. The summed E-state index contributed by atoms with van der Waals surface area (Å²) in [4.78, 5) is 39.5. The molecule has 8 heteroatoms. The van der Waals surface area contributed by atoms with Crippen molar-refractivity contribution < 1.29 is 28.2 Å². The van der Waals surface area contributed by atoms with Crippen LogP contribution in [-0.2, 0) is 9.53 Å². The van der Waals surface area contributed by atoms with E-state index in [9.17, 15) is 18.8 Å². The molecule has 0 radical (unpaired) electrons. The predicted octanol–water partition coefficient (Wildman–Crippen LogP) is 3.32. The molecule has 1 saturated heterocycles. The van der Waals surface area contributed by atoms with Gasteiger partial charge in [0.2, 0.25) is 0 Å². The Hall–Kier alpha value is -3.42. The van der Waals surface area contributed by atoms with E-state index in [0.717, 1.165) is 0 Å². The summed E-state index contributed by atoms with van der Waals surface area (Å²) in [7, 11) is 0. The number of carbonyl (C=O) groups excluding carboxylic acids is 3. The van der Waals surface area contributed by atoms with E-state index in [0.29, 0.717) is 48.7 Å². The van der Waals surface area contributed by atoms with Crippen LogP contribution in [0.3, 0.4) is 0 Å². The maximum absolute atomic E-state index is 14.4. The first-order valence-electron chi connectivity index (χ1n) is 10.5. The van der Waals surface area contributed by atoms with Crippen LogP contribution in [0, 0.1) is 5.82 Å². The number of rotatable bonds is 7. The minimum absolute atomic E-state index is 0.0299. The molecule has 0 unspecified atom stereocenters. The molecule has 1 aliphatic heterocycles. The summed E-state index contributed by atoms with van der Waals surface area (Å²) in [5.74, 6) is -0.889. The summed E-state index contributed by atoms with van der Waals surface area (Å²) in [5, 5.41) is 0. The number of benzene rings is 2. The zero-order valence-corrected chi connectivity index (χ0v) is 18.5. The van der Waals surface area contributed by atoms with Gasteiger partial charge in [0.15, 0.2) is 12.4 Å². The van der Waals surface area contributed by atoms with Gasteiger partial charge in [-0.3, -0.25) is 9.59 Å². The van der Waals surface area contributed by atoms with E-state index >= 15 is 0 Å². The number of hydrogen-bond acceptors (Lipinski definition) is 6. The van der Waals surface area contributed by atoms with Gasteiger partial charge in [-0.2, -0.15) is 0 Å². The topological polar surface area (TPSA) is 76.2 Å². The summed E-state index contributed by atoms with van der Waals surface area (Å²) in [6.07, 6.45) is 0.0299. The third kappa shape index (κ3) is 5.84. The number of carbonyl (C=O) groups is 3. The molecule has 2 aromatic rings. The van der Waals surface area contributed by atoms with Crippen LogP contribution in [0.15, 0.2) is 42.5 Å². The zero-order chi connectivity index (χ0) is 23.3. The van der Waals surface area contributed by atoms with E-state index in [1.54, 1.807) is 41.3 Å². The van der Waals surface area contributed by atoms with Gasteiger partial charge in [0.25, 0.3) is 5.91 Å². The van der Waals surface area contributed by atoms with Crippen LogP contribution in [0.25, 0.3) is 0 Å². The van der Waals surface area contributed by atoms with Gasteiger partial charge in [0.1, 0.15) is 11.6 Å². The molecule has 3 rings (SSSR count). The predicted molar refractivity (Wildman–Crippen MR) is 118 cm³/mol. The second kappa shape index (κ2) is 10.3. The maximum Gasteiger partial charge on any atom is 0.338 e. The summed E-state index contributed by atoms with van der Waals surface area (Å²) in [6, 6.07) is 11.0. The lowest BCUT2D eigenvalue weighted by molar-refractivity contribution is -0.134. The molecule has 0 N–H and O–H groups in total. The third-order valence-electron chi connectivity index (χ3n) is 5.12. The van der Waals surface area contributed by atoms with Crippen molar-refractivity contribution >= 4 is 23.3 Å². The van der Waals surface area contributed by atoms with E-state index in [1.165, 1.54) is 13.0 Å². The van der Waals surface area contributed by atoms with Crippen LogP contribution in [0.5, 0.6) is 5.75 Å². The molecule has 0 atom stereocenters. The van der Waals surface area contributed by atoms with E-state index in [4.69, 9.17) is 9.47 Å². The molecule has 0 spiro atoms. The Morgan fingerprint density at radius 3 is 2.16 bits per heavy atom. The second-order valence-electron chi connectivity index (χ2n) is 7.86. The Bertz CT molecular complexity index is 982. The number of ketones is 1. The van der Waals surface area contributed by atoms with E-state index in [1.807, 2.05) is 18.7 Å². The number of ether oxygens (including phenoxy) is 2. The van der Waals surface area contributed by atoms with E-state index < -0.39 is 11.8 Å². The number of Topliss-reactive ketones (excluding diaryl/α,β-unsaturated/α-hetero) is 1. The number of piperazine rings is 1. The summed E-state index contributed by atoms with van der Waals surface area (Å²) in [5.41, 5.74) is 1.06. The van der Waals surface area contributed by atoms with Gasteiger partial charge >= 0.3 is 5.97 Å². The van der Waals surface area contributed by atoms with Crippen molar-refractivity contribution in [1.82, 2.24) is 4.90 Å². The summed E-state index contributed by atoms with van der Waals surface area (Å²) < 4.78 is 25.1. The monoisotopic (exact) mass is 442 g/mol. The first-order valence-corrected chi connectivity index (χ1v) is 10.5. The SMILES string of the molecule is CC(=O)c1ccc(N2CCN(C(=O)COC(=O)c3ccc(OC(C)C)cc3)CC2)c(F)c1. The molecule has 1 heterocycles. The van der Waals surface area contributed by atoms with Crippen molar-refractivity contribution in [2.75, 3.05) is 37.7 Å². The van der Waals surface area contributed by atoms with Crippen LogP contribution < -0.4 is 9.64 Å². The van der Waals surface area contributed by atoms with Crippen molar-refractivity contribution in [1.29, 1.82) is 0 Å². The molecule has 0 bridgehead atoms. The van der Waals surface area contributed by atoms with E-state index in [2.05, 4.69) is 0 Å². The zero-order valence-electron chi connectivity index (χ0n) is 18.5. The number of halogens is 1. The average Bonchev–Trinajstić information content (AvgIpc) is 2.77. The molecular formula is C24H27FN2O5. The fourth-order valence-corrected chi connectivity index (χ4v) is 3.42. The molecule has 0 aliphatic carbocycles. The fourth-order valence-electron chi connectivity index (χ4n) is 3.42. The lowest BCUT2D eigenvalue weighted by Crippen LogP contribution is -2.50. The number of esters is 1. The Kier molecular flexibility index (Phi) is 7.45. The molecule has 0 aromatic heterocycles. The smallest absolute Gasteiger partial charge is 0.338 e. The molecular weight excluding hydrogens is 415 g/mol. The molecule has 7 nitrogen and oxygen atoms in total. The number of hydrogen-bond donors (Lipinski definition) is 0. The lowest BCUT2D eigenvalue weighted by Gasteiger charge is -2.36. The number of nitrogens with zero attached hydrogens (tertiary/aromatic N) is 2. The molecule has 32 heavy (non-hydrogen) atoms.